The van der Waals surface area contributed by atoms with Crippen LogP contribution in [-0.2, 0) is 4.79 Å². The lowest BCUT2D eigenvalue weighted by molar-refractivity contribution is -0.115. The van der Waals surface area contributed by atoms with Crippen LogP contribution in [0.5, 0.6) is 0 Å². The summed E-state index contributed by atoms with van der Waals surface area (Å²) in [5, 5.41) is 0. The summed E-state index contributed by atoms with van der Waals surface area (Å²) in [6.45, 7) is 6.36. The minimum Gasteiger partial charge on any atom is -0.295 e. The van der Waals surface area contributed by atoms with Gasteiger partial charge in [-0.2, -0.15) is 0 Å². The molecule has 1 rings (SSSR count). The quantitative estimate of drug-likeness (QED) is 0.545. The van der Waals surface area contributed by atoms with Crippen molar-refractivity contribution in [2.45, 2.75) is 33.6 Å². The Morgan fingerprint density at radius 3 is 2.75 bits per heavy atom. The molecule has 0 heterocycles. The number of carbonyl (C=O) groups is 1. The SMILES string of the molecule is C/C=C(/C)[C@]1(C)C=CC(=O)CC1. The minimum atomic E-state index is 0.128. The molecule has 0 aromatic carbocycles. The van der Waals surface area contributed by atoms with Crippen LogP contribution in [-0.4, -0.2) is 5.78 Å². The van der Waals surface area contributed by atoms with Gasteiger partial charge in [-0.15, -0.1) is 0 Å². The Morgan fingerprint density at radius 2 is 2.33 bits per heavy atom. The number of hydrogen-bond acceptors (Lipinski definition) is 1. The Morgan fingerprint density at radius 1 is 1.67 bits per heavy atom. The van der Waals surface area contributed by atoms with Crippen LogP contribution in [0.2, 0.25) is 0 Å². The summed E-state index contributed by atoms with van der Waals surface area (Å²) in [6.07, 6.45) is 7.53. The van der Waals surface area contributed by atoms with Gasteiger partial charge >= 0.3 is 0 Å². The van der Waals surface area contributed by atoms with E-state index in [1.54, 1.807) is 6.08 Å². The molecule has 0 bridgehead atoms. The fraction of sp³-hybridized carbons (Fsp3) is 0.545. The molecule has 1 aliphatic rings. The van der Waals surface area contributed by atoms with Gasteiger partial charge in [0, 0.05) is 11.8 Å². The van der Waals surface area contributed by atoms with Crippen molar-refractivity contribution >= 4 is 5.78 Å². The molecule has 66 valence electrons. The highest BCUT2D eigenvalue weighted by molar-refractivity contribution is 5.90. The zero-order valence-corrected chi connectivity index (χ0v) is 8.05. The van der Waals surface area contributed by atoms with E-state index in [-0.39, 0.29) is 11.2 Å². The van der Waals surface area contributed by atoms with Crippen LogP contribution in [0.1, 0.15) is 33.6 Å². The third kappa shape index (κ3) is 1.66. The summed E-state index contributed by atoms with van der Waals surface area (Å²) in [4.78, 5) is 11.0. The van der Waals surface area contributed by atoms with E-state index in [2.05, 4.69) is 19.9 Å². The molecular weight excluding hydrogens is 148 g/mol. The number of hydrogen-bond donors (Lipinski definition) is 0. The highest BCUT2D eigenvalue weighted by Crippen LogP contribution is 2.36. The van der Waals surface area contributed by atoms with Gasteiger partial charge in [-0.05, 0) is 26.3 Å². The lowest BCUT2D eigenvalue weighted by Crippen LogP contribution is -2.20. The van der Waals surface area contributed by atoms with E-state index in [9.17, 15) is 4.79 Å². The van der Waals surface area contributed by atoms with Crippen LogP contribution >= 0.6 is 0 Å². The zero-order valence-electron chi connectivity index (χ0n) is 8.05. The van der Waals surface area contributed by atoms with Crippen molar-refractivity contribution < 1.29 is 4.79 Å². The van der Waals surface area contributed by atoms with Crippen molar-refractivity contribution in [1.29, 1.82) is 0 Å². The molecule has 0 saturated carbocycles. The predicted octanol–water partition coefficient (Wildman–Crippen LogP) is 2.88. The van der Waals surface area contributed by atoms with Gasteiger partial charge in [-0.3, -0.25) is 4.79 Å². The summed E-state index contributed by atoms with van der Waals surface area (Å²) in [5.74, 6) is 0.261. The third-order valence-corrected chi connectivity index (χ3v) is 2.86. The third-order valence-electron chi connectivity index (χ3n) is 2.86. The lowest BCUT2D eigenvalue weighted by atomic mass is 9.75. The monoisotopic (exact) mass is 164 g/mol. The molecule has 0 saturated heterocycles. The summed E-state index contributed by atoms with van der Waals surface area (Å²) in [6, 6.07) is 0. The largest absolute Gasteiger partial charge is 0.295 e. The second-order valence-electron chi connectivity index (χ2n) is 3.69. The van der Waals surface area contributed by atoms with Gasteiger partial charge in [0.1, 0.15) is 0 Å². The Kier molecular flexibility index (Phi) is 2.51. The molecule has 0 aliphatic heterocycles. The highest BCUT2D eigenvalue weighted by Gasteiger charge is 2.26. The molecule has 0 N–H and O–H groups in total. The number of carbonyl (C=O) groups excluding carboxylic acids is 1. The van der Waals surface area contributed by atoms with Gasteiger partial charge in [0.15, 0.2) is 5.78 Å². The van der Waals surface area contributed by atoms with E-state index < -0.39 is 0 Å². The first kappa shape index (κ1) is 9.24. The summed E-state index contributed by atoms with van der Waals surface area (Å²) in [5.41, 5.74) is 1.48. The highest BCUT2D eigenvalue weighted by atomic mass is 16.1. The first-order valence-electron chi connectivity index (χ1n) is 4.44. The molecule has 1 nitrogen and oxygen atoms in total. The summed E-state index contributed by atoms with van der Waals surface area (Å²) >= 11 is 0. The molecule has 0 aromatic rings. The standard InChI is InChI=1S/C11H16O/c1-4-9(2)11(3)7-5-10(12)6-8-11/h4-5,7H,6,8H2,1-3H3/b9-4-/t11-/m1/s1. The van der Waals surface area contributed by atoms with Gasteiger partial charge < -0.3 is 0 Å². The topological polar surface area (TPSA) is 17.1 Å². The van der Waals surface area contributed by atoms with E-state index in [0.29, 0.717) is 6.42 Å². The average molecular weight is 164 g/mol. The van der Waals surface area contributed by atoms with E-state index in [4.69, 9.17) is 0 Å². The molecule has 1 atom stereocenters. The van der Waals surface area contributed by atoms with E-state index in [1.807, 2.05) is 13.0 Å². The Labute approximate surface area is 74.2 Å². The first-order chi connectivity index (χ1) is 5.58. The molecule has 0 unspecified atom stereocenters. The zero-order chi connectivity index (χ0) is 9.19. The maximum absolute atomic E-state index is 11.0. The molecule has 0 fully saturated rings. The molecule has 12 heavy (non-hydrogen) atoms. The second-order valence-corrected chi connectivity index (χ2v) is 3.69. The normalized spacial score (nSPS) is 30.9. The molecule has 0 radical (unpaired) electrons. The molecule has 0 aromatic heterocycles. The fourth-order valence-corrected chi connectivity index (χ4v) is 1.48. The smallest absolute Gasteiger partial charge is 0.155 e. The van der Waals surface area contributed by atoms with Crippen molar-refractivity contribution in [3.63, 3.8) is 0 Å². The summed E-state index contributed by atoms with van der Waals surface area (Å²) < 4.78 is 0. The molecule has 0 spiro atoms. The maximum atomic E-state index is 11.0. The van der Waals surface area contributed by atoms with Gasteiger partial charge in [0.05, 0.1) is 0 Å². The van der Waals surface area contributed by atoms with Crippen LogP contribution in [0.3, 0.4) is 0 Å². The van der Waals surface area contributed by atoms with Crippen LogP contribution < -0.4 is 0 Å². The van der Waals surface area contributed by atoms with Gasteiger partial charge in [-0.25, -0.2) is 0 Å². The number of allylic oxidation sites excluding steroid dienone is 4. The minimum absolute atomic E-state index is 0.128. The molecular formula is C11H16O. The first-order valence-corrected chi connectivity index (χ1v) is 4.44. The van der Waals surface area contributed by atoms with E-state index in [1.165, 1.54) is 5.57 Å². The van der Waals surface area contributed by atoms with Crippen molar-refractivity contribution in [3.05, 3.63) is 23.8 Å². The number of rotatable bonds is 1. The average Bonchev–Trinajstić information content (AvgIpc) is 2.09. The van der Waals surface area contributed by atoms with Crippen LogP contribution in [0.4, 0.5) is 0 Å². The predicted molar refractivity (Wildman–Crippen MR) is 50.9 cm³/mol. The molecule has 1 aliphatic carbocycles. The fourth-order valence-electron chi connectivity index (χ4n) is 1.48. The maximum Gasteiger partial charge on any atom is 0.155 e. The second kappa shape index (κ2) is 3.26. The van der Waals surface area contributed by atoms with Crippen molar-refractivity contribution in [3.8, 4) is 0 Å². The van der Waals surface area contributed by atoms with Crippen LogP contribution in [0.15, 0.2) is 23.8 Å². The Balaban J connectivity index is 2.88. The molecule has 0 amide bonds. The van der Waals surface area contributed by atoms with Crippen LogP contribution in [0, 0.1) is 5.41 Å². The van der Waals surface area contributed by atoms with Crippen molar-refractivity contribution in [2.75, 3.05) is 0 Å². The van der Waals surface area contributed by atoms with E-state index >= 15 is 0 Å². The van der Waals surface area contributed by atoms with E-state index in [0.717, 1.165) is 6.42 Å². The van der Waals surface area contributed by atoms with Gasteiger partial charge in [-0.1, -0.05) is 24.6 Å². The van der Waals surface area contributed by atoms with Crippen molar-refractivity contribution in [1.82, 2.24) is 0 Å². The van der Waals surface area contributed by atoms with Crippen LogP contribution in [0.25, 0.3) is 0 Å². The molecule has 1 heteroatoms. The van der Waals surface area contributed by atoms with Crippen molar-refractivity contribution in [2.24, 2.45) is 5.41 Å². The lowest BCUT2D eigenvalue weighted by Gasteiger charge is -2.29. The Bertz CT molecular complexity index is 248. The number of ketones is 1. The summed E-state index contributed by atoms with van der Waals surface area (Å²) in [7, 11) is 0. The van der Waals surface area contributed by atoms with Gasteiger partial charge in [0.2, 0.25) is 0 Å². The Hall–Kier alpha value is -0.850. The van der Waals surface area contributed by atoms with Gasteiger partial charge in [0.25, 0.3) is 0 Å².